The van der Waals surface area contributed by atoms with Crippen molar-refractivity contribution in [2.24, 2.45) is 17.6 Å². The van der Waals surface area contributed by atoms with Crippen LogP contribution in [0.15, 0.2) is 0 Å². The number of nitrogens with two attached hydrogens (primary N) is 1. The minimum atomic E-state index is -0.419. The third-order valence-corrected chi connectivity index (χ3v) is 4.07. The summed E-state index contributed by atoms with van der Waals surface area (Å²) in [6.07, 6.45) is 1.49. The van der Waals surface area contributed by atoms with E-state index in [-0.39, 0.29) is 17.7 Å². The van der Waals surface area contributed by atoms with Gasteiger partial charge in [-0.05, 0) is 11.8 Å². The highest BCUT2D eigenvalue weighted by molar-refractivity contribution is 5.82. The first-order chi connectivity index (χ1) is 9.36. The molecule has 1 rings (SSSR count). The molecule has 5 nitrogen and oxygen atoms in total. The molecule has 1 saturated heterocycles. The molecule has 2 atom stereocenters. The van der Waals surface area contributed by atoms with Crippen LogP contribution in [-0.4, -0.2) is 53.8 Å². The predicted molar refractivity (Wildman–Crippen MR) is 80.0 cm³/mol. The topological polar surface area (TPSA) is 66.6 Å². The van der Waals surface area contributed by atoms with E-state index in [1.165, 1.54) is 0 Å². The molecule has 1 aliphatic rings. The van der Waals surface area contributed by atoms with Crippen LogP contribution in [0.1, 0.15) is 40.5 Å². The van der Waals surface area contributed by atoms with Crippen LogP contribution in [0.5, 0.6) is 0 Å². The minimum Gasteiger partial charge on any atom is -0.339 e. The zero-order valence-corrected chi connectivity index (χ0v) is 13.3. The largest absolute Gasteiger partial charge is 0.339 e. The molecule has 0 bridgehead atoms. The molecule has 0 radical (unpaired) electrons. The summed E-state index contributed by atoms with van der Waals surface area (Å²) in [5, 5.41) is 0. The van der Waals surface area contributed by atoms with Crippen molar-refractivity contribution in [2.75, 3.05) is 26.2 Å². The first kappa shape index (κ1) is 17.0. The number of piperazine rings is 1. The van der Waals surface area contributed by atoms with Crippen LogP contribution in [-0.2, 0) is 9.59 Å². The number of carbonyl (C=O) groups is 2. The van der Waals surface area contributed by atoms with Crippen LogP contribution in [0.4, 0.5) is 0 Å². The molecule has 0 aromatic rings. The zero-order chi connectivity index (χ0) is 15.3. The molecule has 20 heavy (non-hydrogen) atoms. The highest BCUT2D eigenvalue weighted by Crippen LogP contribution is 2.12. The Bertz CT molecular complexity index is 336. The second-order valence-electron chi connectivity index (χ2n) is 6.22. The maximum Gasteiger partial charge on any atom is 0.239 e. The van der Waals surface area contributed by atoms with Crippen LogP contribution >= 0.6 is 0 Å². The Labute approximate surface area is 122 Å². The van der Waals surface area contributed by atoms with E-state index in [0.29, 0.717) is 38.5 Å². The van der Waals surface area contributed by atoms with Crippen molar-refractivity contribution in [1.82, 2.24) is 9.80 Å². The van der Waals surface area contributed by atoms with Gasteiger partial charge in [-0.25, -0.2) is 0 Å². The molecule has 2 amide bonds. The van der Waals surface area contributed by atoms with Crippen molar-refractivity contribution in [2.45, 2.75) is 46.6 Å². The summed E-state index contributed by atoms with van der Waals surface area (Å²) in [5.74, 6) is 0.790. The highest BCUT2D eigenvalue weighted by Gasteiger charge is 2.29. The Morgan fingerprint density at radius 3 is 2.00 bits per heavy atom. The molecule has 5 heteroatoms. The van der Waals surface area contributed by atoms with Gasteiger partial charge in [0.15, 0.2) is 0 Å². The molecule has 116 valence electrons. The van der Waals surface area contributed by atoms with Crippen molar-refractivity contribution in [1.29, 1.82) is 0 Å². The molecule has 1 aliphatic heterocycles. The van der Waals surface area contributed by atoms with E-state index < -0.39 is 6.04 Å². The van der Waals surface area contributed by atoms with Crippen molar-refractivity contribution in [3.63, 3.8) is 0 Å². The lowest BCUT2D eigenvalue weighted by molar-refractivity contribution is -0.141. The van der Waals surface area contributed by atoms with Crippen molar-refractivity contribution in [3.8, 4) is 0 Å². The van der Waals surface area contributed by atoms with Gasteiger partial charge in [0, 0.05) is 32.6 Å². The predicted octanol–water partition coefficient (Wildman–Crippen LogP) is 1.08. The summed E-state index contributed by atoms with van der Waals surface area (Å²) in [4.78, 5) is 27.9. The van der Waals surface area contributed by atoms with Crippen molar-refractivity contribution in [3.05, 3.63) is 0 Å². The van der Waals surface area contributed by atoms with Gasteiger partial charge in [0.1, 0.15) is 0 Å². The fourth-order valence-corrected chi connectivity index (χ4v) is 2.36. The first-order valence-corrected chi connectivity index (χ1v) is 7.68. The van der Waals surface area contributed by atoms with Gasteiger partial charge in [-0.3, -0.25) is 9.59 Å². The summed E-state index contributed by atoms with van der Waals surface area (Å²) in [7, 11) is 0. The van der Waals surface area contributed by atoms with Crippen LogP contribution in [0.3, 0.4) is 0 Å². The van der Waals surface area contributed by atoms with Gasteiger partial charge in [-0.15, -0.1) is 0 Å². The molecule has 0 aliphatic carbocycles. The van der Waals surface area contributed by atoms with E-state index in [0.717, 1.165) is 6.42 Å². The summed E-state index contributed by atoms with van der Waals surface area (Å²) in [5.41, 5.74) is 5.99. The summed E-state index contributed by atoms with van der Waals surface area (Å²) in [6, 6.07) is -0.419. The van der Waals surface area contributed by atoms with E-state index >= 15 is 0 Å². The van der Waals surface area contributed by atoms with Gasteiger partial charge in [-0.1, -0.05) is 34.1 Å². The molecule has 0 spiro atoms. The molecule has 2 unspecified atom stereocenters. The Morgan fingerprint density at radius 2 is 1.55 bits per heavy atom. The summed E-state index contributed by atoms with van der Waals surface area (Å²) >= 11 is 0. The van der Waals surface area contributed by atoms with E-state index in [4.69, 9.17) is 5.73 Å². The van der Waals surface area contributed by atoms with Gasteiger partial charge in [0.05, 0.1) is 6.04 Å². The minimum absolute atomic E-state index is 0.0234. The molecule has 1 heterocycles. The maximum atomic E-state index is 12.3. The Kier molecular flexibility index (Phi) is 6.46. The molecular formula is C15H29N3O2. The highest BCUT2D eigenvalue weighted by atomic mass is 16.2. The Hall–Kier alpha value is -1.10. The van der Waals surface area contributed by atoms with Gasteiger partial charge >= 0.3 is 0 Å². The number of carbonyl (C=O) groups excluding carboxylic acids is 2. The van der Waals surface area contributed by atoms with Crippen molar-refractivity contribution < 1.29 is 9.59 Å². The number of nitrogens with zero attached hydrogens (tertiary/aromatic N) is 2. The van der Waals surface area contributed by atoms with Gasteiger partial charge in [-0.2, -0.15) is 0 Å². The lowest BCUT2D eigenvalue weighted by Crippen LogP contribution is -2.55. The van der Waals surface area contributed by atoms with Crippen LogP contribution in [0.2, 0.25) is 0 Å². The van der Waals surface area contributed by atoms with E-state index in [9.17, 15) is 9.59 Å². The third kappa shape index (κ3) is 4.47. The second kappa shape index (κ2) is 7.62. The zero-order valence-electron chi connectivity index (χ0n) is 13.3. The normalized spacial score (nSPS) is 19.1. The van der Waals surface area contributed by atoms with Crippen LogP contribution in [0.25, 0.3) is 0 Å². The number of hydrogen-bond donors (Lipinski definition) is 1. The van der Waals surface area contributed by atoms with Crippen LogP contribution in [0, 0.1) is 11.8 Å². The van der Waals surface area contributed by atoms with E-state index in [1.807, 2.05) is 32.6 Å². The Morgan fingerprint density at radius 1 is 1.05 bits per heavy atom. The average molecular weight is 283 g/mol. The SMILES string of the molecule is CCC(C)C(N)C(=O)N1CCN(C(=O)CC(C)C)CC1. The quantitative estimate of drug-likeness (QED) is 0.821. The smallest absolute Gasteiger partial charge is 0.239 e. The first-order valence-electron chi connectivity index (χ1n) is 7.68. The number of amides is 2. The maximum absolute atomic E-state index is 12.3. The Balaban J connectivity index is 2.46. The summed E-state index contributed by atoms with van der Waals surface area (Å²) < 4.78 is 0. The number of hydrogen-bond acceptors (Lipinski definition) is 3. The standard InChI is InChI=1S/C15H29N3O2/c1-5-12(4)14(16)15(20)18-8-6-17(7-9-18)13(19)10-11(2)3/h11-12,14H,5-10,16H2,1-4H3. The lowest BCUT2D eigenvalue weighted by Gasteiger charge is -2.37. The molecular weight excluding hydrogens is 254 g/mol. The number of rotatable bonds is 5. The van der Waals surface area contributed by atoms with Gasteiger partial charge < -0.3 is 15.5 Å². The molecule has 1 fully saturated rings. The monoisotopic (exact) mass is 283 g/mol. The van der Waals surface area contributed by atoms with Gasteiger partial charge in [0.2, 0.25) is 11.8 Å². The summed E-state index contributed by atoms with van der Waals surface area (Å²) in [6.45, 7) is 10.6. The molecule has 0 saturated carbocycles. The molecule has 2 N–H and O–H groups in total. The molecule has 0 aromatic heterocycles. The fraction of sp³-hybridized carbons (Fsp3) is 0.867. The molecule has 0 aromatic carbocycles. The average Bonchev–Trinajstić information content (AvgIpc) is 2.44. The van der Waals surface area contributed by atoms with Gasteiger partial charge in [0.25, 0.3) is 0 Å². The van der Waals surface area contributed by atoms with E-state index in [2.05, 4.69) is 0 Å². The second-order valence-corrected chi connectivity index (χ2v) is 6.22. The fourth-order valence-electron chi connectivity index (χ4n) is 2.36. The van der Waals surface area contributed by atoms with Crippen molar-refractivity contribution >= 4 is 11.8 Å². The lowest BCUT2D eigenvalue weighted by atomic mass is 9.98. The van der Waals surface area contributed by atoms with Crippen LogP contribution < -0.4 is 5.73 Å². The third-order valence-electron chi connectivity index (χ3n) is 4.07. The van der Waals surface area contributed by atoms with E-state index in [1.54, 1.807) is 4.90 Å².